The van der Waals surface area contributed by atoms with Crippen LogP contribution in [0.2, 0.25) is 0 Å². The molecule has 196 valence electrons. The van der Waals surface area contributed by atoms with E-state index in [1.54, 1.807) is 28.4 Å². The van der Waals surface area contributed by atoms with Gasteiger partial charge in [-0.15, -0.1) is 0 Å². The zero-order valence-electron chi connectivity index (χ0n) is 21.4. The molecule has 3 atom stereocenters. The van der Waals surface area contributed by atoms with Gasteiger partial charge in [-0.05, 0) is 81.9 Å². The minimum Gasteiger partial charge on any atom is -0.388 e. The van der Waals surface area contributed by atoms with Gasteiger partial charge in [0.15, 0.2) is 5.65 Å². The molecular weight excluding hydrogens is 470 g/mol. The molecule has 6 rings (SSSR count). The lowest BCUT2D eigenvalue weighted by Crippen LogP contribution is -2.51. The van der Waals surface area contributed by atoms with Gasteiger partial charge in [0.05, 0.1) is 29.2 Å². The minimum absolute atomic E-state index is 0.0504. The van der Waals surface area contributed by atoms with Gasteiger partial charge in [-0.1, -0.05) is 0 Å². The number of aliphatic hydroxyl groups is 1. The number of aryl methyl sites for hydroxylation is 1. The van der Waals surface area contributed by atoms with E-state index in [9.17, 15) is 14.7 Å². The van der Waals surface area contributed by atoms with Gasteiger partial charge in [-0.25, -0.2) is 9.50 Å². The molecule has 10 nitrogen and oxygen atoms in total. The van der Waals surface area contributed by atoms with E-state index < -0.39 is 5.60 Å². The summed E-state index contributed by atoms with van der Waals surface area (Å²) in [7, 11) is 0. The van der Waals surface area contributed by atoms with Crippen molar-refractivity contribution in [1.29, 1.82) is 0 Å². The number of hydrogen-bond donors (Lipinski definition) is 3. The highest BCUT2D eigenvalue weighted by Crippen LogP contribution is 2.54. The number of aromatic nitrogens is 5. The molecule has 3 aliphatic rings. The van der Waals surface area contributed by atoms with Crippen molar-refractivity contribution in [3.8, 4) is 0 Å². The second-order valence-corrected chi connectivity index (χ2v) is 11.3. The molecule has 2 aliphatic carbocycles. The van der Waals surface area contributed by atoms with Crippen LogP contribution in [0, 0.1) is 23.7 Å². The highest BCUT2D eigenvalue weighted by atomic mass is 16.3. The van der Waals surface area contributed by atoms with Crippen LogP contribution in [0.5, 0.6) is 0 Å². The zero-order chi connectivity index (χ0) is 25.7. The van der Waals surface area contributed by atoms with Crippen LogP contribution < -0.4 is 10.6 Å². The van der Waals surface area contributed by atoms with Gasteiger partial charge in [0.1, 0.15) is 5.69 Å². The maximum absolute atomic E-state index is 13.4. The molecule has 3 aromatic rings. The Morgan fingerprint density at radius 1 is 1.24 bits per heavy atom. The van der Waals surface area contributed by atoms with Gasteiger partial charge in [0.2, 0.25) is 5.91 Å². The van der Waals surface area contributed by atoms with E-state index in [0.717, 1.165) is 11.4 Å². The molecule has 0 radical (unpaired) electrons. The fraction of sp³-hybridized carbons (Fsp3) is 0.593. The molecule has 10 heteroatoms. The lowest BCUT2D eigenvalue weighted by atomic mass is 9.85. The number of amides is 2. The fourth-order valence-corrected chi connectivity index (χ4v) is 5.99. The van der Waals surface area contributed by atoms with Crippen molar-refractivity contribution in [2.75, 3.05) is 6.54 Å². The smallest absolute Gasteiger partial charge is 0.270 e. The van der Waals surface area contributed by atoms with Crippen LogP contribution in [0.15, 0.2) is 30.6 Å². The van der Waals surface area contributed by atoms with E-state index in [2.05, 4.69) is 15.7 Å². The number of nitrogens with one attached hydrogen (secondary N) is 2. The highest BCUT2D eigenvalue weighted by molar-refractivity contribution is 5.92. The van der Waals surface area contributed by atoms with Crippen LogP contribution in [-0.2, 0) is 17.8 Å². The normalized spacial score (nSPS) is 24.9. The number of fused-ring (bicyclic) bond motifs is 1. The maximum Gasteiger partial charge on any atom is 0.270 e. The Labute approximate surface area is 215 Å². The van der Waals surface area contributed by atoms with Crippen molar-refractivity contribution in [3.63, 3.8) is 0 Å². The monoisotopic (exact) mass is 505 g/mol. The Kier molecular flexibility index (Phi) is 6.01. The second kappa shape index (κ2) is 9.24. The van der Waals surface area contributed by atoms with E-state index in [4.69, 9.17) is 10.1 Å². The molecule has 2 amide bonds. The third-order valence-corrected chi connectivity index (χ3v) is 8.12. The number of imidazole rings is 1. The Hall–Kier alpha value is -3.27. The third-order valence-electron chi connectivity index (χ3n) is 8.12. The van der Waals surface area contributed by atoms with Gasteiger partial charge in [-0.2, -0.15) is 10.2 Å². The van der Waals surface area contributed by atoms with Gasteiger partial charge < -0.3 is 15.7 Å². The van der Waals surface area contributed by atoms with Crippen molar-refractivity contribution in [2.45, 2.75) is 70.6 Å². The number of nitrogens with zero attached hydrogens (tertiary/aromatic N) is 5. The first kappa shape index (κ1) is 24.1. The van der Waals surface area contributed by atoms with Crippen molar-refractivity contribution < 1.29 is 14.7 Å². The molecule has 0 aromatic carbocycles. The van der Waals surface area contributed by atoms with Crippen LogP contribution in [0.1, 0.15) is 73.9 Å². The largest absolute Gasteiger partial charge is 0.388 e. The molecular formula is C27H35N7O3. The van der Waals surface area contributed by atoms with Crippen LogP contribution in [0.4, 0.5) is 0 Å². The zero-order valence-corrected chi connectivity index (χ0v) is 21.4. The number of carbonyl (C=O) groups is 2. The molecule has 0 bridgehead atoms. The topological polar surface area (TPSA) is 126 Å². The summed E-state index contributed by atoms with van der Waals surface area (Å²) < 4.78 is 3.47. The van der Waals surface area contributed by atoms with Gasteiger partial charge in [0.25, 0.3) is 5.91 Å². The lowest BCUT2D eigenvalue weighted by Gasteiger charge is -2.33. The van der Waals surface area contributed by atoms with Crippen LogP contribution >= 0.6 is 0 Å². The third kappa shape index (κ3) is 4.99. The van der Waals surface area contributed by atoms with E-state index >= 15 is 0 Å². The van der Waals surface area contributed by atoms with E-state index in [-0.39, 0.29) is 30.3 Å². The van der Waals surface area contributed by atoms with E-state index in [1.165, 1.54) is 25.7 Å². The summed E-state index contributed by atoms with van der Waals surface area (Å²) in [5.41, 5.74) is 1.94. The van der Waals surface area contributed by atoms with Gasteiger partial charge in [0, 0.05) is 31.6 Å². The predicted molar refractivity (Wildman–Crippen MR) is 135 cm³/mol. The van der Waals surface area contributed by atoms with Gasteiger partial charge in [-0.3, -0.25) is 14.3 Å². The highest BCUT2D eigenvalue weighted by Gasteiger charge is 2.47. The summed E-state index contributed by atoms with van der Waals surface area (Å²) in [5, 5.41) is 25.6. The van der Waals surface area contributed by atoms with Gasteiger partial charge >= 0.3 is 0 Å². The van der Waals surface area contributed by atoms with Crippen LogP contribution in [0.3, 0.4) is 0 Å². The molecule has 3 fully saturated rings. The summed E-state index contributed by atoms with van der Waals surface area (Å²) in [6, 6.07) is 5.38. The summed E-state index contributed by atoms with van der Waals surface area (Å²) in [6.45, 7) is 4.62. The lowest BCUT2D eigenvalue weighted by molar-refractivity contribution is -0.132. The molecule has 1 aliphatic heterocycles. The quantitative estimate of drug-likeness (QED) is 0.410. The van der Waals surface area contributed by atoms with E-state index in [1.807, 2.05) is 25.3 Å². The maximum atomic E-state index is 13.4. The standard InChI is InChI=1S/C27H35N7O3/c1-3-33-21(10-11-29-33)26(36)31-24(23(16-4-5-16)17-6-7-17)20-14-34-22(30-20)9-8-19(32-34)12-18-13-27(2,37)15-28-25(18)35/h8-11,14,16-18,23-24,37H,3-7,12-13,15H2,1-2H3,(H,28,35)(H,31,36)/t18?,24-,27?/m1/s1. The predicted octanol–water partition coefficient (Wildman–Crippen LogP) is 2.28. The van der Waals surface area contributed by atoms with Crippen molar-refractivity contribution in [2.24, 2.45) is 23.7 Å². The molecule has 1 saturated heterocycles. The number of piperidine rings is 1. The minimum atomic E-state index is -0.913. The number of β-amino-alcohol motifs (C(OH)–C–C–N with tert-alkyl or cyclic N) is 1. The van der Waals surface area contributed by atoms with Crippen molar-refractivity contribution >= 4 is 17.5 Å². The Bertz CT molecular complexity index is 1310. The number of carbonyl (C=O) groups excluding carboxylic acids is 2. The fourth-order valence-electron chi connectivity index (χ4n) is 5.99. The number of rotatable bonds is 9. The molecule has 37 heavy (non-hydrogen) atoms. The van der Waals surface area contributed by atoms with Crippen LogP contribution in [-0.4, -0.2) is 53.4 Å². The first-order valence-electron chi connectivity index (χ1n) is 13.5. The van der Waals surface area contributed by atoms with Crippen LogP contribution in [0.25, 0.3) is 5.65 Å². The average molecular weight is 506 g/mol. The molecule has 3 aromatic heterocycles. The molecule has 4 heterocycles. The molecule has 3 N–H and O–H groups in total. The first-order chi connectivity index (χ1) is 17.8. The number of hydrogen-bond acceptors (Lipinski definition) is 6. The molecule has 0 spiro atoms. The second-order valence-electron chi connectivity index (χ2n) is 11.3. The molecule has 2 saturated carbocycles. The SMILES string of the molecule is CCn1nccc1C(=O)N[C@H](c1cn2nc(CC3CC(C)(O)CNC3=O)ccc2n1)C(C1CC1)C1CC1. The summed E-state index contributed by atoms with van der Waals surface area (Å²) in [5.74, 6) is 1.07. The van der Waals surface area contributed by atoms with Crippen molar-refractivity contribution in [1.82, 2.24) is 35.0 Å². The molecule has 2 unspecified atom stereocenters. The van der Waals surface area contributed by atoms with E-state index in [0.29, 0.717) is 48.5 Å². The first-order valence-corrected chi connectivity index (χ1v) is 13.5. The van der Waals surface area contributed by atoms with Crippen molar-refractivity contribution in [3.05, 3.63) is 47.7 Å². The summed E-state index contributed by atoms with van der Waals surface area (Å²) in [6.07, 6.45) is 9.23. The Morgan fingerprint density at radius 2 is 2.00 bits per heavy atom. The summed E-state index contributed by atoms with van der Waals surface area (Å²) in [4.78, 5) is 30.6. The Balaban J connectivity index is 1.28. The summed E-state index contributed by atoms with van der Waals surface area (Å²) >= 11 is 0. The Morgan fingerprint density at radius 3 is 2.70 bits per heavy atom. The average Bonchev–Trinajstić information content (AvgIpc) is 3.79.